The van der Waals surface area contributed by atoms with Gasteiger partial charge in [0.25, 0.3) is 0 Å². The highest BCUT2D eigenvalue weighted by Crippen LogP contribution is 2.33. The second kappa shape index (κ2) is 10.8. The lowest BCUT2D eigenvalue weighted by molar-refractivity contribution is -0.186. The minimum Gasteiger partial charge on any atom is -0.508 e. The molecule has 0 atom stereocenters. The Labute approximate surface area is 227 Å². The highest BCUT2D eigenvalue weighted by molar-refractivity contribution is 5.92. The number of nitrogens with zero attached hydrogens (tertiary/aromatic N) is 4. The van der Waals surface area contributed by atoms with Crippen molar-refractivity contribution in [2.75, 3.05) is 20.2 Å². The molecule has 40 heavy (non-hydrogen) atoms. The zero-order chi connectivity index (χ0) is 28.4. The first-order valence-corrected chi connectivity index (χ1v) is 12.5. The van der Waals surface area contributed by atoms with Gasteiger partial charge in [-0.2, -0.15) is 13.2 Å². The van der Waals surface area contributed by atoms with Crippen molar-refractivity contribution in [2.45, 2.75) is 24.9 Å². The van der Waals surface area contributed by atoms with Crippen LogP contribution in [0.1, 0.15) is 34.7 Å². The second-order valence-electron chi connectivity index (χ2n) is 9.55. The molecule has 1 N–H and O–H groups in total. The molecule has 1 amide bonds. The Hall–Kier alpha value is -4.67. The van der Waals surface area contributed by atoms with Gasteiger partial charge < -0.3 is 14.7 Å². The number of aromatic hydroxyl groups is 1. The number of phenolic OH excluding ortho intramolecular Hbond substituents is 1. The Bertz CT molecular complexity index is 1540. The molecule has 0 spiro atoms. The van der Waals surface area contributed by atoms with Crippen LogP contribution in [0.25, 0.3) is 28.1 Å². The van der Waals surface area contributed by atoms with Crippen molar-refractivity contribution in [1.82, 2.24) is 19.9 Å². The number of halogens is 3. The van der Waals surface area contributed by atoms with Gasteiger partial charge in [-0.25, -0.2) is 9.48 Å². The highest BCUT2D eigenvalue weighted by atomic mass is 19.4. The molecule has 0 saturated carbocycles. The topological polar surface area (TPSA) is 97.5 Å². The Kier molecular flexibility index (Phi) is 7.29. The molecule has 4 aromatic rings. The average molecular weight is 551 g/mol. The van der Waals surface area contributed by atoms with Crippen LogP contribution in [-0.2, 0) is 9.53 Å². The van der Waals surface area contributed by atoms with Crippen molar-refractivity contribution < 1.29 is 32.6 Å². The molecule has 206 valence electrons. The lowest BCUT2D eigenvalue weighted by Crippen LogP contribution is -2.45. The third-order valence-corrected chi connectivity index (χ3v) is 6.98. The Morgan fingerprint density at radius 3 is 2.33 bits per heavy atom. The summed E-state index contributed by atoms with van der Waals surface area (Å²) >= 11 is 0. The summed E-state index contributed by atoms with van der Waals surface area (Å²) in [7, 11) is 1.30. The first-order valence-electron chi connectivity index (χ1n) is 12.5. The number of aromatic nitrogens is 3. The van der Waals surface area contributed by atoms with Gasteiger partial charge in [-0.05, 0) is 65.8 Å². The second-order valence-corrected chi connectivity index (χ2v) is 9.55. The van der Waals surface area contributed by atoms with Crippen LogP contribution >= 0.6 is 0 Å². The minimum absolute atomic E-state index is 0.0364. The number of likely N-dealkylation sites (tertiary alicyclic amines) is 1. The first kappa shape index (κ1) is 26.9. The number of benzene rings is 3. The fourth-order valence-electron chi connectivity index (χ4n) is 4.88. The summed E-state index contributed by atoms with van der Waals surface area (Å²) < 4.78 is 44.7. The van der Waals surface area contributed by atoms with Crippen molar-refractivity contribution in [3.8, 4) is 33.8 Å². The van der Waals surface area contributed by atoms with Crippen LogP contribution in [0, 0.1) is 0 Å². The van der Waals surface area contributed by atoms with E-state index in [2.05, 4.69) is 10.3 Å². The van der Waals surface area contributed by atoms with Crippen molar-refractivity contribution in [2.24, 2.45) is 0 Å². The molecule has 1 aliphatic rings. The maximum absolute atomic E-state index is 12.8. The Morgan fingerprint density at radius 1 is 0.950 bits per heavy atom. The number of piperidine rings is 1. The molecule has 3 aromatic carbocycles. The fourth-order valence-corrected chi connectivity index (χ4v) is 4.88. The molecular formula is C29H25F3N4O4. The molecule has 0 aliphatic carbocycles. The lowest BCUT2D eigenvalue weighted by Gasteiger charge is -2.32. The smallest absolute Gasteiger partial charge is 0.471 e. The van der Waals surface area contributed by atoms with Gasteiger partial charge in [-0.3, -0.25) is 4.79 Å². The standard InChI is InChI=1S/C29H25F3N4O4/c1-40-27(38)23-13-22(14-24(15-23)36-17-26(33-34-36)21-3-2-4-25(37)16-21)19-7-5-18(6-8-19)20-9-11-35(12-10-20)28(39)29(30,31)32/h2-8,13-17,20,37H,9-12H2,1H3. The molecule has 8 nitrogen and oxygen atoms in total. The van der Waals surface area contributed by atoms with Crippen LogP contribution in [0.5, 0.6) is 5.75 Å². The van der Waals surface area contributed by atoms with Gasteiger partial charge >= 0.3 is 18.1 Å². The molecule has 11 heteroatoms. The van der Waals surface area contributed by atoms with Crippen LogP contribution < -0.4 is 0 Å². The van der Waals surface area contributed by atoms with E-state index in [9.17, 15) is 27.9 Å². The zero-order valence-corrected chi connectivity index (χ0v) is 21.4. The van der Waals surface area contributed by atoms with E-state index in [1.54, 1.807) is 42.6 Å². The lowest BCUT2D eigenvalue weighted by atomic mass is 9.88. The monoisotopic (exact) mass is 550 g/mol. The third-order valence-electron chi connectivity index (χ3n) is 6.98. The summed E-state index contributed by atoms with van der Waals surface area (Å²) in [4.78, 5) is 24.8. The van der Waals surface area contributed by atoms with E-state index in [1.165, 1.54) is 11.8 Å². The van der Waals surface area contributed by atoms with E-state index < -0.39 is 18.1 Å². The van der Waals surface area contributed by atoms with Gasteiger partial charge in [-0.15, -0.1) is 5.10 Å². The molecule has 0 bridgehead atoms. The number of amides is 1. The van der Waals surface area contributed by atoms with Crippen LogP contribution in [0.4, 0.5) is 13.2 Å². The predicted octanol–water partition coefficient (Wildman–Crippen LogP) is 5.36. The first-order chi connectivity index (χ1) is 19.1. The van der Waals surface area contributed by atoms with E-state index >= 15 is 0 Å². The summed E-state index contributed by atoms with van der Waals surface area (Å²) in [6.45, 7) is 0.107. The number of rotatable bonds is 5. The van der Waals surface area contributed by atoms with Crippen LogP contribution in [0.2, 0.25) is 0 Å². The minimum atomic E-state index is -4.86. The third kappa shape index (κ3) is 5.68. The summed E-state index contributed by atoms with van der Waals surface area (Å²) in [5, 5.41) is 18.2. The molecule has 1 fully saturated rings. The molecule has 5 rings (SSSR count). The van der Waals surface area contributed by atoms with E-state index in [0.29, 0.717) is 35.3 Å². The number of hydrogen-bond acceptors (Lipinski definition) is 6. The van der Waals surface area contributed by atoms with Gasteiger partial charge in [-0.1, -0.05) is 41.6 Å². The number of esters is 1. The highest BCUT2D eigenvalue weighted by Gasteiger charge is 2.43. The molecule has 0 unspecified atom stereocenters. The molecule has 1 aromatic heterocycles. The Balaban J connectivity index is 1.39. The number of phenols is 1. The largest absolute Gasteiger partial charge is 0.508 e. The number of carbonyl (C=O) groups excluding carboxylic acids is 2. The molecule has 0 radical (unpaired) electrons. The van der Waals surface area contributed by atoms with Crippen LogP contribution in [-0.4, -0.2) is 63.3 Å². The van der Waals surface area contributed by atoms with Gasteiger partial charge in [0.05, 0.1) is 24.6 Å². The maximum Gasteiger partial charge on any atom is 0.471 e. The summed E-state index contributed by atoms with van der Waals surface area (Å²) in [6, 6.07) is 19.4. The van der Waals surface area contributed by atoms with Gasteiger partial charge in [0, 0.05) is 18.7 Å². The van der Waals surface area contributed by atoms with Gasteiger partial charge in [0.1, 0.15) is 11.4 Å². The molecule has 2 heterocycles. The van der Waals surface area contributed by atoms with Crippen LogP contribution in [0.15, 0.2) is 72.9 Å². The van der Waals surface area contributed by atoms with E-state index in [0.717, 1.165) is 21.6 Å². The molecular weight excluding hydrogens is 525 g/mol. The van der Waals surface area contributed by atoms with E-state index in [1.807, 2.05) is 30.3 Å². The predicted molar refractivity (Wildman–Crippen MR) is 140 cm³/mol. The number of methoxy groups -OCH3 is 1. The molecule has 1 aliphatic heterocycles. The van der Waals surface area contributed by atoms with Crippen molar-refractivity contribution in [3.05, 3.63) is 84.1 Å². The quantitative estimate of drug-likeness (QED) is 0.336. The van der Waals surface area contributed by atoms with Crippen molar-refractivity contribution in [1.29, 1.82) is 0 Å². The SMILES string of the molecule is COC(=O)c1cc(-c2ccc(C3CCN(C(=O)C(F)(F)F)CC3)cc2)cc(-n2cc(-c3cccc(O)c3)nn2)c1. The van der Waals surface area contributed by atoms with E-state index in [4.69, 9.17) is 4.74 Å². The van der Waals surface area contributed by atoms with E-state index in [-0.39, 0.29) is 24.8 Å². The molecule has 1 saturated heterocycles. The Morgan fingerprint density at radius 2 is 1.68 bits per heavy atom. The number of alkyl halides is 3. The number of ether oxygens (including phenoxy) is 1. The van der Waals surface area contributed by atoms with Gasteiger partial charge in [0.2, 0.25) is 0 Å². The summed E-state index contributed by atoms with van der Waals surface area (Å²) in [6.07, 6.45) is -2.29. The van der Waals surface area contributed by atoms with Crippen molar-refractivity contribution >= 4 is 11.9 Å². The summed E-state index contributed by atoms with van der Waals surface area (Å²) in [5.74, 6) is -2.17. The summed E-state index contributed by atoms with van der Waals surface area (Å²) in [5.41, 5.74) is 4.61. The van der Waals surface area contributed by atoms with Crippen molar-refractivity contribution in [3.63, 3.8) is 0 Å². The average Bonchev–Trinajstić information content (AvgIpc) is 3.46. The number of hydrogen-bond donors (Lipinski definition) is 1. The van der Waals surface area contributed by atoms with Gasteiger partial charge in [0.15, 0.2) is 0 Å². The normalized spacial score (nSPS) is 14.2. The fraction of sp³-hybridized carbons (Fsp3) is 0.241. The zero-order valence-electron chi connectivity index (χ0n) is 21.4. The van der Waals surface area contributed by atoms with Crippen LogP contribution in [0.3, 0.4) is 0 Å². The number of carbonyl (C=O) groups is 2. The maximum atomic E-state index is 12.8.